The fourth-order valence-corrected chi connectivity index (χ4v) is 4.85. The standard InChI is InChI=1S/C20H23FN2O3S2/c1-27-19-11-10-17(28(25,26)22-16-8-6-15(21)7-9-16)14-18(19)20(24)23-12-4-2-3-5-13-23/h6-11,14,22H,2-5,12-13H2,1H3. The second kappa shape index (κ2) is 8.96. The molecule has 1 saturated heterocycles. The van der Waals surface area contributed by atoms with Crippen LogP contribution in [0.1, 0.15) is 36.0 Å². The van der Waals surface area contributed by atoms with Gasteiger partial charge in [-0.2, -0.15) is 0 Å². The van der Waals surface area contributed by atoms with Gasteiger partial charge >= 0.3 is 0 Å². The predicted molar refractivity (Wildman–Crippen MR) is 110 cm³/mol. The molecule has 1 N–H and O–H groups in total. The van der Waals surface area contributed by atoms with Crippen molar-refractivity contribution in [2.75, 3.05) is 24.1 Å². The normalized spacial score (nSPS) is 15.1. The lowest BCUT2D eigenvalue weighted by Gasteiger charge is -2.22. The Morgan fingerprint density at radius 2 is 1.68 bits per heavy atom. The average Bonchev–Trinajstić information content (AvgIpc) is 2.98. The Morgan fingerprint density at radius 1 is 1.04 bits per heavy atom. The predicted octanol–water partition coefficient (Wildman–Crippen LogP) is 4.36. The van der Waals surface area contributed by atoms with Gasteiger partial charge in [-0.05, 0) is 61.6 Å². The van der Waals surface area contributed by atoms with Crippen LogP contribution in [0, 0.1) is 5.82 Å². The smallest absolute Gasteiger partial charge is 0.261 e. The van der Waals surface area contributed by atoms with E-state index in [0.29, 0.717) is 18.7 Å². The van der Waals surface area contributed by atoms with Crippen LogP contribution >= 0.6 is 11.8 Å². The molecule has 0 atom stereocenters. The molecule has 0 bridgehead atoms. The highest BCUT2D eigenvalue weighted by Crippen LogP contribution is 2.27. The van der Waals surface area contributed by atoms with Crippen molar-refractivity contribution < 1.29 is 17.6 Å². The molecular weight excluding hydrogens is 399 g/mol. The summed E-state index contributed by atoms with van der Waals surface area (Å²) in [6.45, 7) is 1.38. The summed E-state index contributed by atoms with van der Waals surface area (Å²) in [5.41, 5.74) is 0.659. The Hall–Kier alpha value is -2.06. The SMILES string of the molecule is CSc1ccc(S(=O)(=O)Nc2ccc(F)cc2)cc1C(=O)N1CCCCCC1. The second-order valence-corrected chi connectivity index (χ2v) is 9.21. The zero-order chi connectivity index (χ0) is 20.1. The van der Waals surface area contributed by atoms with E-state index in [1.807, 2.05) is 11.2 Å². The third-order valence-electron chi connectivity index (χ3n) is 4.70. The summed E-state index contributed by atoms with van der Waals surface area (Å²) in [7, 11) is -3.90. The molecule has 8 heteroatoms. The quantitative estimate of drug-likeness (QED) is 0.727. The lowest BCUT2D eigenvalue weighted by molar-refractivity contribution is 0.0758. The van der Waals surface area contributed by atoms with Crippen LogP contribution in [0.4, 0.5) is 10.1 Å². The Morgan fingerprint density at radius 3 is 2.29 bits per heavy atom. The number of nitrogens with zero attached hydrogens (tertiary/aromatic N) is 1. The van der Waals surface area contributed by atoms with E-state index in [2.05, 4.69) is 4.72 Å². The van der Waals surface area contributed by atoms with E-state index in [0.717, 1.165) is 30.6 Å². The Balaban J connectivity index is 1.90. The number of halogens is 1. The summed E-state index contributed by atoms with van der Waals surface area (Å²) in [5, 5.41) is 0. The molecule has 28 heavy (non-hydrogen) atoms. The van der Waals surface area contributed by atoms with Crippen LogP contribution in [0.15, 0.2) is 52.3 Å². The molecule has 1 fully saturated rings. The first-order valence-electron chi connectivity index (χ1n) is 9.16. The first kappa shape index (κ1) is 20.7. The molecule has 3 rings (SSSR count). The van der Waals surface area contributed by atoms with Crippen molar-refractivity contribution in [2.45, 2.75) is 35.5 Å². The number of hydrogen-bond acceptors (Lipinski definition) is 4. The van der Waals surface area contributed by atoms with Gasteiger partial charge in [-0.1, -0.05) is 12.8 Å². The van der Waals surface area contributed by atoms with Crippen molar-refractivity contribution >= 4 is 33.4 Å². The van der Waals surface area contributed by atoms with Gasteiger partial charge in [0.15, 0.2) is 0 Å². The number of carbonyl (C=O) groups excluding carboxylic acids is 1. The maximum Gasteiger partial charge on any atom is 0.261 e. The molecule has 1 aliphatic heterocycles. The van der Waals surface area contributed by atoms with E-state index < -0.39 is 15.8 Å². The third kappa shape index (κ3) is 4.86. The van der Waals surface area contributed by atoms with Crippen molar-refractivity contribution in [3.05, 3.63) is 53.8 Å². The molecule has 1 aliphatic rings. The lowest BCUT2D eigenvalue weighted by Crippen LogP contribution is -2.32. The fourth-order valence-electron chi connectivity index (χ4n) is 3.20. The molecule has 150 valence electrons. The van der Waals surface area contributed by atoms with Gasteiger partial charge < -0.3 is 4.90 Å². The van der Waals surface area contributed by atoms with Gasteiger partial charge in [0.05, 0.1) is 10.5 Å². The van der Waals surface area contributed by atoms with Crippen LogP contribution in [0.5, 0.6) is 0 Å². The Bertz CT molecular complexity index is 938. The largest absolute Gasteiger partial charge is 0.339 e. The Kier molecular flexibility index (Phi) is 6.61. The van der Waals surface area contributed by atoms with Crippen molar-refractivity contribution in [3.8, 4) is 0 Å². The van der Waals surface area contributed by atoms with Crippen LogP contribution in [0.3, 0.4) is 0 Å². The summed E-state index contributed by atoms with van der Waals surface area (Å²) in [6, 6.07) is 9.65. The number of sulfonamides is 1. The molecule has 0 aliphatic carbocycles. The van der Waals surface area contributed by atoms with E-state index in [1.165, 1.54) is 48.2 Å². The zero-order valence-corrected chi connectivity index (χ0v) is 17.3. The highest BCUT2D eigenvalue weighted by Gasteiger charge is 2.23. The minimum atomic E-state index is -3.90. The minimum absolute atomic E-state index is 0.00722. The molecule has 1 heterocycles. The topological polar surface area (TPSA) is 66.5 Å². The maximum atomic E-state index is 13.1. The number of benzene rings is 2. The van der Waals surface area contributed by atoms with E-state index in [4.69, 9.17) is 0 Å². The van der Waals surface area contributed by atoms with Gasteiger partial charge in [-0.15, -0.1) is 11.8 Å². The summed E-state index contributed by atoms with van der Waals surface area (Å²) in [5.74, 6) is -0.581. The number of nitrogens with one attached hydrogen (secondary N) is 1. The maximum absolute atomic E-state index is 13.1. The first-order chi connectivity index (χ1) is 13.4. The first-order valence-corrected chi connectivity index (χ1v) is 11.9. The molecule has 0 saturated carbocycles. The van der Waals surface area contributed by atoms with E-state index in [9.17, 15) is 17.6 Å². The number of anilines is 1. The molecule has 5 nitrogen and oxygen atoms in total. The van der Waals surface area contributed by atoms with Crippen molar-refractivity contribution in [2.24, 2.45) is 0 Å². The zero-order valence-electron chi connectivity index (χ0n) is 15.7. The molecule has 0 unspecified atom stereocenters. The number of carbonyl (C=O) groups is 1. The van der Waals surface area contributed by atoms with E-state index in [1.54, 1.807) is 6.07 Å². The fraction of sp³-hybridized carbons (Fsp3) is 0.350. The molecule has 0 spiro atoms. The number of thioether (sulfide) groups is 1. The van der Waals surface area contributed by atoms with Crippen LogP contribution < -0.4 is 4.72 Å². The van der Waals surface area contributed by atoms with Crippen molar-refractivity contribution in [1.29, 1.82) is 0 Å². The van der Waals surface area contributed by atoms with Crippen LogP contribution in [-0.4, -0.2) is 38.6 Å². The monoisotopic (exact) mass is 422 g/mol. The minimum Gasteiger partial charge on any atom is -0.339 e. The molecule has 2 aromatic carbocycles. The number of rotatable bonds is 5. The van der Waals surface area contributed by atoms with Crippen LogP contribution in [0.25, 0.3) is 0 Å². The van der Waals surface area contributed by atoms with Crippen LogP contribution in [-0.2, 0) is 10.0 Å². The van der Waals surface area contributed by atoms with E-state index >= 15 is 0 Å². The number of hydrogen-bond donors (Lipinski definition) is 1. The van der Waals surface area contributed by atoms with Gasteiger partial charge in [0, 0.05) is 23.7 Å². The molecular formula is C20H23FN2O3S2. The molecule has 0 aromatic heterocycles. The summed E-state index contributed by atoms with van der Waals surface area (Å²) >= 11 is 1.41. The average molecular weight is 423 g/mol. The van der Waals surface area contributed by atoms with Gasteiger partial charge in [0.2, 0.25) is 0 Å². The Labute approximate surface area is 169 Å². The highest BCUT2D eigenvalue weighted by molar-refractivity contribution is 7.98. The highest BCUT2D eigenvalue weighted by atomic mass is 32.2. The van der Waals surface area contributed by atoms with Crippen LogP contribution in [0.2, 0.25) is 0 Å². The molecule has 0 radical (unpaired) electrons. The van der Waals surface area contributed by atoms with E-state index in [-0.39, 0.29) is 16.5 Å². The number of amides is 1. The van der Waals surface area contributed by atoms with Gasteiger partial charge in [-0.3, -0.25) is 9.52 Å². The third-order valence-corrected chi connectivity index (χ3v) is 6.88. The van der Waals surface area contributed by atoms with Gasteiger partial charge in [0.25, 0.3) is 15.9 Å². The van der Waals surface area contributed by atoms with Crippen molar-refractivity contribution in [1.82, 2.24) is 4.90 Å². The van der Waals surface area contributed by atoms with Gasteiger partial charge in [0.1, 0.15) is 5.82 Å². The number of likely N-dealkylation sites (tertiary alicyclic amines) is 1. The van der Waals surface area contributed by atoms with Crippen molar-refractivity contribution in [3.63, 3.8) is 0 Å². The van der Waals surface area contributed by atoms with Gasteiger partial charge in [-0.25, -0.2) is 12.8 Å². The second-order valence-electron chi connectivity index (χ2n) is 6.68. The molecule has 2 aromatic rings. The summed E-state index contributed by atoms with van der Waals surface area (Å²) in [6.07, 6.45) is 6.00. The lowest BCUT2D eigenvalue weighted by atomic mass is 10.2. The summed E-state index contributed by atoms with van der Waals surface area (Å²) in [4.78, 5) is 15.6. The summed E-state index contributed by atoms with van der Waals surface area (Å²) < 4.78 is 41.0. The molecule has 1 amide bonds.